The minimum atomic E-state index is 0.436. The number of rotatable bonds is 1. The molecule has 0 bridgehead atoms. The third-order valence-corrected chi connectivity index (χ3v) is 5.55. The van der Waals surface area contributed by atoms with Crippen LogP contribution in [-0.4, -0.2) is 5.11 Å². The van der Waals surface area contributed by atoms with Gasteiger partial charge in [-0.25, -0.2) is 0 Å². The molecular formula is C22H36O. The van der Waals surface area contributed by atoms with Gasteiger partial charge in [0.15, 0.2) is 0 Å². The Labute approximate surface area is 143 Å². The van der Waals surface area contributed by atoms with E-state index >= 15 is 0 Å². The summed E-state index contributed by atoms with van der Waals surface area (Å²) in [6, 6.07) is 6.26. The maximum absolute atomic E-state index is 9.78. The van der Waals surface area contributed by atoms with Crippen molar-refractivity contribution in [3.05, 3.63) is 29.3 Å². The minimum absolute atomic E-state index is 0.436. The molecule has 0 spiro atoms. The lowest BCUT2D eigenvalue weighted by molar-refractivity contribution is 0.468. The van der Waals surface area contributed by atoms with Crippen LogP contribution in [0.4, 0.5) is 0 Å². The molecule has 130 valence electrons. The Kier molecular flexibility index (Phi) is 8.57. The Morgan fingerprint density at radius 1 is 0.696 bits per heavy atom. The highest BCUT2D eigenvalue weighted by molar-refractivity contribution is 5.36. The van der Waals surface area contributed by atoms with Crippen molar-refractivity contribution in [2.24, 2.45) is 0 Å². The molecule has 0 aliphatic heterocycles. The maximum atomic E-state index is 9.78. The second-order valence-electron chi connectivity index (χ2n) is 7.56. The van der Waals surface area contributed by atoms with Crippen molar-refractivity contribution in [3.63, 3.8) is 0 Å². The van der Waals surface area contributed by atoms with Gasteiger partial charge in [-0.2, -0.15) is 0 Å². The van der Waals surface area contributed by atoms with Crippen LogP contribution < -0.4 is 0 Å². The van der Waals surface area contributed by atoms with E-state index in [2.05, 4.69) is 12.1 Å². The molecule has 1 aromatic carbocycles. The predicted molar refractivity (Wildman–Crippen MR) is 100 cm³/mol. The molecule has 0 radical (unpaired) electrons. The Bertz CT molecular complexity index is 422. The number of hydrogen-bond donors (Lipinski definition) is 1. The predicted octanol–water partition coefficient (Wildman–Crippen LogP) is 7.26. The number of phenols is 1. The van der Waals surface area contributed by atoms with E-state index in [1.54, 1.807) is 0 Å². The van der Waals surface area contributed by atoms with Gasteiger partial charge in [0.05, 0.1) is 0 Å². The Hall–Kier alpha value is -0.980. The van der Waals surface area contributed by atoms with Gasteiger partial charge < -0.3 is 5.11 Å². The van der Waals surface area contributed by atoms with Crippen molar-refractivity contribution in [1.82, 2.24) is 0 Å². The average Bonchev–Trinajstić information content (AvgIpc) is 2.56. The van der Waals surface area contributed by atoms with Crippen molar-refractivity contribution >= 4 is 0 Å². The van der Waals surface area contributed by atoms with Crippen LogP contribution in [-0.2, 0) is 0 Å². The SMILES string of the molecule is Cc1cc(C2CCCCCCCCCCCCCC2)ccc1O. The fourth-order valence-corrected chi connectivity index (χ4v) is 3.96. The molecule has 0 atom stereocenters. The molecule has 0 heterocycles. The third kappa shape index (κ3) is 6.97. The molecule has 23 heavy (non-hydrogen) atoms. The van der Waals surface area contributed by atoms with Crippen LogP contribution in [0.15, 0.2) is 18.2 Å². The van der Waals surface area contributed by atoms with Crippen LogP contribution in [0, 0.1) is 6.92 Å². The summed E-state index contributed by atoms with van der Waals surface area (Å²) in [5.41, 5.74) is 2.48. The van der Waals surface area contributed by atoms with Crippen molar-refractivity contribution in [2.45, 2.75) is 103 Å². The van der Waals surface area contributed by atoms with Gasteiger partial charge >= 0.3 is 0 Å². The normalized spacial score (nSPS) is 20.6. The first-order valence-electron chi connectivity index (χ1n) is 10.1. The molecule has 0 saturated heterocycles. The summed E-state index contributed by atoms with van der Waals surface area (Å²) < 4.78 is 0. The monoisotopic (exact) mass is 316 g/mol. The molecule has 2 rings (SSSR count). The lowest BCUT2D eigenvalue weighted by atomic mass is 9.87. The highest BCUT2D eigenvalue weighted by Crippen LogP contribution is 2.31. The number of hydrogen-bond acceptors (Lipinski definition) is 1. The molecular weight excluding hydrogens is 280 g/mol. The summed E-state index contributed by atoms with van der Waals surface area (Å²) in [5, 5.41) is 9.78. The van der Waals surface area contributed by atoms with E-state index in [0.717, 1.165) is 5.56 Å². The van der Waals surface area contributed by atoms with E-state index in [0.29, 0.717) is 11.7 Å². The fraction of sp³-hybridized carbons (Fsp3) is 0.727. The molecule has 1 N–H and O–H groups in total. The van der Waals surface area contributed by atoms with Crippen LogP contribution in [0.2, 0.25) is 0 Å². The van der Waals surface area contributed by atoms with E-state index in [9.17, 15) is 5.11 Å². The number of aryl methyl sites for hydroxylation is 1. The van der Waals surface area contributed by atoms with Gasteiger partial charge in [-0.05, 0) is 42.9 Å². The maximum Gasteiger partial charge on any atom is 0.118 e. The van der Waals surface area contributed by atoms with Crippen molar-refractivity contribution in [1.29, 1.82) is 0 Å². The van der Waals surface area contributed by atoms with E-state index in [-0.39, 0.29) is 0 Å². The summed E-state index contributed by atoms with van der Waals surface area (Å²) in [6.45, 7) is 2.02. The van der Waals surface area contributed by atoms with Gasteiger partial charge in [-0.15, -0.1) is 0 Å². The van der Waals surface area contributed by atoms with Crippen molar-refractivity contribution in [3.8, 4) is 5.75 Å². The molecule has 0 unspecified atom stereocenters. The zero-order chi connectivity index (χ0) is 16.3. The van der Waals surface area contributed by atoms with E-state index < -0.39 is 0 Å². The molecule has 0 amide bonds. The van der Waals surface area contributed by atoms with Gasteiger partial charge in [-0.3, -0.25) is 0 Å². The van der Waals surface area contributed by atoms with Crippen LogP contribution in [0.25, 0.3) is 0 Å². The minimum Gasteiger partial charge on any atom is -0.508 e. The van der Waals surface area contributed by atoms with Crippen LogP contribution >= 0.6 is 0 Å². The first-order valence-corrected chi connectivity index (χ1v) is 10.1. The van der Waals surface area contributed by atoms with Crippen LogP contribution in [0.3, 0.4) is 0 Å². The molecule has 1 aromatic rings. The summed E-state index contributed by atoms with van der Waals surface area (Å²) in [7, 11) is 0. The Balaban J connectivity index is 1.92. The summed E-state index contributed by atoms with van der Waals surface area (Å²) >= 11 is 0. The van der Waals surface area contributed by atoms with E-state index in [1.165, 1.54) is 95.5 Å². The first-order chi connectivity index (χ1) is 11.3. The van der Waals surface area contributed by atoms with Gasteiger partial charge in [0.25, 0.3) is 0 Å². The van der Waals surface area contributed by atoms with E-state index in [1.807, 2.05) is 13.0 Å². The molecule has 1 nitrogen and oxygen atoms in total. The van der Waals surface area contributed by atoms with Gasteiger partial charge in [0.2, 0.25) is 0 Å². The third-order valence-electron chi connectivity index (χ3n) is 5.55. The second-order valence-corrected chi connectivity index (χ2v) is 7.56. The largest absolute Gasteiger partial charge is 0.508 e. The molecule has 1 aliphatic rings. The second kappa shape index (κ2) is 10.7. The van der Waals surface area contributed by atoms with Crippen LogP contribution in [0.1, 0.15) is 107 Å². The van der Waals surface area contributed by atoms with Gasteiger partial charge in [0.1, 0.15) is 5.75 Å². The zero-order valence-electron chi connectivity index (χ0n) is 15.2. The number of phenolic OH excluding ortho intramolecular Hbond substituents is 1. The smallest absolute Gasteiger partial charge is 0.118 e. The quantitative estimate of drug-likeness (QED) is 0.578. The average molecular weight is 317 g/mol. The summed E-state index contributed by atoms with van der Waals surface area (Å²) in [6.07, 6.45) is 19.7. The lowest BCUT2D eigenvalue weighted by Crippen LogP contribution is -2.00. The lowest BCUT2D eigenvalue weighted by Gasteiger charge is -2.18. The number of aromatic hydroxyl groups is 1. The fourth-order valence-electron chi connectivity index (χ4n) is 3.96. The standard InChI is InChI=1S/C22H36O/c1-19-18-21(16-17-22(19)23)20-14-12-10-8-6-4-2-3-5-7-9-11-13-15-20/h16-18,20,23H,2-15H2,1H3. The van der Waals surface area contributed by atoms with E-state index in [4.69, 9.17) is 0 Å². The highest BCUT2D eigenvalue weighted by Gasteiger charge is 2.12. The van der Waals surface area contributed by atoms with Gasteiger partial charge in [0, 0.05) is 0 Å². The van der Waals surface area contributed by atoms with Crippen molar-refractivity contribution < 1.29 is 5.11 Å². The summed E-state index contributed by atoms with van der Waals surface area (Å²) in [5.74, 6) is 1.13. The van der Waals surface area contributed by atoms with Crippen LogP contribution in [0.5, 0.6) is 5.75 Å². The Morgan fingerprint density at radius 2 is 1.13 bits per heavy atom. The molecule has 1 fully saturated rings. The molecule has 1 heteroatoms. The zero-order valence-corrected chi connectivity index (χ0v) is 15.2. The Morgan fingerprint density at radius 3 is 1.57 bits per heavy atom. The molecule has 1 saturated carbocycles. The summed E-state index contributed by atoms with van der Waals surface area (Å²) in [4.78, 5) is 0. The first kappa shape index (κ1) is 18.4. The van der Waals surface area contributed by atoms with Gasteiger partial charge in [-0.1, -0.05) is 89.2 Å². The molecule has 0 aromatic heterocycles. The highest BCUT2D eigenvalue weighted by atomic mass is 16.3. The molecule has 1 aliphatic carbocycles. The topological polar surface area (TPSA) is 20.2 Å². The van der Waals surface area contributed by atoms with Crippen molar-refractivity contribution in [2.75, 3.05) is 0 Å². The number of benzene rings is 1.